The number of anilines is 2. The molecule has 0 aliphatic rings. The van der Waals surface area contributed by atoms with Gasteiger partial charge in [-0.1, -0.05) is 11.6 Å². The van der Waals surface area contributed by atoms with Gasteiger partial charge in [0.05, 0.1) is 30.0 Å². The number of esters is 1. The molecule has 1 aromatic rings. The maximum absolute atomic E-state index is 11.6. The summed E-state index contributed by atoms with van der Waals surface area (Å²) < 4.78 is 4.50. The fourth-order valence-corrected chi connectivity index (χ4v) is 2.19. The van der Waals surface area contributed by atoms with E-state index in [2.05, 4.69) is 10.1 Å². The van der Waals surface area contributed by atoms with Crippen molar-refractivity contribution in [2.45, 2.75) is 6.42 Å². The number of hydrogen-bond donors (Lipinski definition) is 2. The van der Waals surface area contributed by atoms with Crippen LogP contribution in [0.5, 0.6) is 0 Å². The van der Waals surface area contributed by atoms with Crippen LogP contribution in [0.15, 0.2) is 18.2 Å². The van der Waals surface area contributed by atoms with Gasteiger partial charge in [-0.05, 0) is 18.2 Å². The summed E-state index contributed by atoms with van der Waals surface area (Å²) in [5.41, 5.74) is 6.61. The minimum absolute atomic E-state index is 0.179. The average Bonchev–Trinajstić information content (AvgIpc) is 2.37. The highest BCUT2D eigenvalue weighted by Crippen LogP contribution is 2.24. The van der Waals surface area contributed by atoms with Gasteiger partial charge in [0.2, 0.25) is 5.91 Å². The van der Waals surface area contributed by atoms with E-state index in [1.54, 1.807) is 18.2 Å². The number of halogens is 1. The van der Waals surface area contributed by atoms with E-state index in [1.165, 1.54) is 18.9 Å². The molecule has 0 atom stereocenters. The minimum Gasteiger partial charge on any atom is -0.469 e. The molecule has 3 N–H and O–H groups in total. The molecule has 1 rings (SSSR count). The Bertz CT molecular complexity index is 468. The molecule has 0 fully saturated rings. The summed E-state index contributed by atoms with van der Waals surface area (Å²) in [6.07, 6.45) is 0.289. The second-order valence-electron chi connectivity index (χ2n) is 3.67. The number of carbonyl (C=O) groups is 2. The molecule has 1 aromatic carbocycles. The van der Waals surface area contributed by atoms with Crippen molar-refractivity contribution in [3.8, 4) is 0 Å². The number of rotatable bonds is 6. The van der Waals surface area contributed by atoms with E-state index in [0.717, 1.165) is 0 Å². The maximum atomic E-state index is 11.6. The van der Waals surface area contributed by atoms with Crippen molar-refractivity contribution in [3.05, 3.63) is 23.2 Å². The summed E-state index contributed by atoms with van der Waals surface area (Å²) >= 11 is 7.29. The van der Waals surface area contributed by atoms with Crippen molar-refractivity contribution in [1.82, 2.24) is 0 Å². The lowest BCUT2D eigenvalue weighted by Crippen LogP contribution is -2.15. The van der Waals surface area contributed by atoms with Crippen molar-refractivity contribution in [2.24, 2.45) is 0 Å². The highest BCUT2D eigenvalue weighted by molar-refractivity contribution is 7.99. The molecule has 19 heavy (non-hydrogen) atoms. The molecule has 104 valence electrons. The van der Waals surface area contributed by atoms with Crippen LogP contribution in [-0.2, 0) is 14.3 Å². The van der Waals surface area contributed by atoms with E-state index < -0.39 is 0 Å². The highest BCUT2D eigenvalue weighted by atomic mass is 35.5. The van der Waals surface area contributed by atoms with Crippen LogP contribution in [0.2, 0.25) is 5.02 Å². The summed E-state index contributed by atoms with van der Waals surface area (Å²) in [6.45, 7) is 0. The van der Waals surface area contributed by atoms with E-state index in [0.29, 0.717) is 22.2 Å². The van der Waals surface area contributed by atoms with Crippen LogP contribution in [0.3, 0.4) is 0 Å². The lowest BCUT2D eigenvalue weighted by molar-refractivity contribution is -0.140. The summed E-state index contributed by atoms with van der Waals surface area (Å²) in [4.78, 5) is 22.5. The van der Waals surface area contributed by atoms with E-state index in [4.69, 9.17) is 17.3 Å². The summed E-state index contributed by atoms with van der Waals surface area (Å²) in [5.74, 6) is 0.323. The second kappa shape index (κ2) is 7.91. The fraction of sp³-hybridized carbons (Fsp3) is 0.333. The zero-order valence-electron chi connectivity index (χ0n) is 10.4. The molecule has 7 heteroatoms. The van der Waals surface area contributed by atoms with E-state index in [9.17, 15) is 9.59 Å². The van der Waals surface area contributed by atoms with Crippen molar-refractivity contribution in [1.29, 1.82) is 0 Å². The Morgan fingerprint density at radius 2 is 2.21 bits per heavy atom. The minimum atomic E-state index is -0.283. The molecule has 5 nitrogen and oxygen atoms in total. The number of methoxy groups -OCH3 is 1. The number of carbonyl (C=O) groups excluding carboxylic acids is 2. The van der Waals surface area contributed by atoms with Gasteiger partial charge >= 0.3 is 5.97 Å². The van der Waals surface area contributed by atoms with Gasteiger partial charge in [-0.2, -0.15) is 11.8 Å². The van der Waals surface area contributed by atoms with Crippen molar-refractivity contribution >= 4 is 46.6 Å². The number of nitrogen functional groups attached to an aromatic ring is 1. The summed E-state index contributed by atoms with van der Waals surface area (Å²) in [6, 6.07) is 4.88. The van der Waals surface area contributed by atoms with Gasteiger partial charge in [0, 0.05) is 11.4 Å². The molecule has 0 spiro atoms. The summed E-state index contributed by atoms with van der Waals surface area (Å²) in [7, 11) is 1.34. The fourth-order valence-electron chi connectivity index (χ4n) is 1.24. The zero-order chi connectivity index (χ0) is 14.3. The molecular weight excluding hydrogens is 288 g/mol. The van der Waals surface area contributed by atoms with E-state index >= 15 is 0 Å². The standard InChI is InChI=1S/C12H15ClN2O3S/c1-18-12(17)4-5-19-7-11(16)15-10-3-2-8(14)6-9(10)13/h2-3,6H,4-5,7,14H2,1H3,(H,15,16). The van der Waals surface area contributed by atoms with Gasteiger partial charge in [0.15, 0.2) is 0 Å². The molecule has 0 bridgehead atoms. The van der Waals surface area contributed by atoms with E-state index in [1.807, 2.05) is 0 Å². The molecular formula is C12H15ClN2O3S. The van der Waals surface area contributed by atoms with Crippen LogP contribution < -0.4 is 11.1 Å². The molecule has 0 aliphatic heterocycles. The SMILES string of the molecule is COC(=O)CCSCC(=O)Nc1ccc(N)cc1Cl. The lowest BCUT2D eigenvalue weighted by atomic mass is 10.3. The topological polar surface area (TPSA) is 81.4 Å². The number of amides is 1. The lowest BCUT2D eigenvalue weighted by Gasteiger charge is -2.07. The van der Waals surface area contributed by atoms with Crippen LogP contribution in [0.4, 0.5) is 11.4 Å². The molecule has 0 aromatic heterocycles. The first kappa shape index (κ1) is 15.7. The van der Waals surface area contributed by atoms with Crippen LogP contribution in [0, 0.1) is 0 Å². The predicted molar refractivity (Wildman–Crippen MR) is 78.5 cm³/mol. The number of nitrogens with two attached hydrogens (primary N) is 1. The number of benzene rings is 1. The van der Waals surface area contributed by atoms with Crippen LogP contribution in [0.25, 0.3) is 0 Å². The Morgan fingerprint density at radius 3 is 2.84 bits per heavy atom. The second-order valence-corrected chi connectivity index (χ2v) is 5.18. The predicted octanol–water partition coefficient (Wildman–Crippen LogP) is 2.16. The van der Waals surface area contributed by atoms with Gasteiger partial charge in [-0.3, -0.25) is 9.59 Å². The first-order chi connectivity index (χ1) is 9.02. The third kappa shape index (κ3) is 5.85. The first-order valence-electron chi connectivity index (χ1n) is 5.52. The molecule has 0 unspecified atom stereocenters. The molecule has 0 saturated heterocycles. The van der Waals surface area contributed by atoms with Gasteiger partial charge in [0.25, 0.3) is 0 Å². The molecule has 0 radical (unpaired) electrons. The Balaban J connectivity index is 2.33. The Kier molecular flexibility index (Phi) is 6.52. The van der Waals surface area contributed by atoms with Gasteiger partial charge in [0.1, 0.15) is 0 Å². The molecule has 1 amide bonds. The largest absolute Gasteiger partial charge is 0.469 e. The molecule has 0 saturated carbocycles. The van der Waals surface area contributed by atoms with Crippen LogP contribution >= 0.6 is 23.4 Å². The highest BCUT2D eigenvalue weighted by Gasteiger charge is 2.07. The maximum Gasteiger partial charge on any atom is 0.306 e. The zero-order valence-corrected chi connectivity index (χ0v) is 12.0. The van der Waals surface area contributed by atoms with Gasteiger partial charge < -0.3 is 15.8 Å². The number of ether oxygens (including phenoxy) is 1. The van der Waals surface area contributed by atoms with E-state index in [-0.39, 0.29) is 24.1 Å². The normalized spacial score (nSPS) is 10.0. The third-order valence-corrected chi connectivity index (χ3v) is 3.45. The Morgan fingerprint density at radius 1 is 1.47 bits per heavy atom. The quantitative estimate of drug-likeness (QED) is 0.478. The number of hydrogen-bond acceptors (Lipinski definition) is 5. The third-order valence-electron chi connectivity index (χ3n) is 2.18. The van der Waals surface area contributed by atoms with Crippen LogP contribution in [-0.4, -0.2) is 30.5 Å². The number of thioether (sulfide) groups is 1. The smallest absolute Gasteiger partial charge is 0.306 e. The summed E-state index contributed by atoms with van der Waals surface area (Å²) in [5, 5.41) is 3.07. The molecule has 0 heterocycles. The average molecular weight is 303 g/mol. The Hall–Kier alpha value is -1.40. The number of nitrogens with one attached hydrogen (secondary N) is 1. The van der Waals surface area contributed by atoms with Crippen molar-refractivity contribution < 1.29 is 14.3 Å². The molecule has 0 aliphatic carbocycles. The Labute approximate surface area is 120 Å². The van der Waals surface area contributed by atoms with Crippen LogP contribution in [0.1, 0.15) is 6.42 Å². The van der Waals surface area contributed by atoms with Gasteiger partial charge in [-0.25, -0.2) is 0 Å². The monoisotopic (exact) mass is 302 g/mol. The first-order valence-corrected chi connectivity index (χ1v) is 7.05. The van der Waals surface area contributed by atoms with Gasteiger partial charge in [-0.15, -0.1) is 0 Å². The van der Waals surface area contributed by atoms with Crippen molar-refractivity contribution in [3.63, 3.8) is 0 Å². The van der Waals surface area contributed by atoms with Crippen molar-refractivity contribution in [2.75, 3.05) is 29.7 Å².